The highest BCUT2D eigenvalue weighted by Gasteiger charge is 2.35. The predicted molar refractivity (Wildman–Crippen MR) is 119 cm³/mol. The van der Waals surface area contributed by atoms with Crippen molar-refractivity contribution < 1.29 is 9.59 Å². The van der Waals surface area contributed by atoms with E-state index < -0.39 is 0 Å². The molecular weight excluding hydrogens is 376 g/mol. The van der Waals surface area contributed by atoms with Crippen LogP contribution < -0.4 is 10.2 Å². The van der Waals surface area contributed by atoms with E-state index in [4.69, 9.17) is 4.98 Å². The molecule has 1 aliphatic heterocycles. The SMILES string of the molecule is CCc1ccc(N2C[C@H](c3nc4ccccc4n3CC(=O)NC(C)C)CC2=O)cc1. The summed E-state index contributed by atoms with van der Waals surface area (Å²) in [5.41, 5.74) is 3.94. The Kier molecular flexibility index (Phi) is 5.57. The largest absolute Gasteiger partial charge is 0.352 e. The van der Waals surface area contributed by atoms with Crippen LogP contribution in [-0.4, -0.2) is 34.0 Å². The number of carbonyl (C=O) groups is 2. The summed E-state index contributed by atoms with van der Waals surface area (Å²) in [4.78, 5) is 32.0. The third kappa shape index (κ3) is 3.95. The summed E-state index contributed by atoms with van der Waals surface area (Å²) in [6.07, 6.45) is 1.37. The minimum atomic E-state index is -0.0531. The number of imidazole rings is 1. The van der Waals surface area contributed by atoms with Gasteiger partial charge in [-0.2, -0.15) is 0 Å². The Labute approximate surface area is 176 Å². The molecule has 1 N–H and O–H groups in total. The number of amides is 2. The van der Waals surface area contributed by atoms with Crippen LogP contribution in [0.2, 0.25) is 0 Å². The Hall–Kier alpha value is -3.15. The quantitative estimate of drug-likeness (QED) is 0.682. The normalized spacial score (nSPS) is 16.6. The van der Waals surface area contributed by atoms with Crippen LogP contribution in [0.4, 0.5) is 5.69 Å². The Morgan fingerprint density at radius 3 is 2.60 bits per heavy atom. The van der Waals surface area contributed by atoms with Crippen LogP contribution in [0.3, 0.4) is 0 Å². The van der Waals surface area contributed by atoms with Crippen LogP contribution in [0.25, 0.3) is 11.0 Å². The van der Waals surface area contributed by atoms with E-state index in [1.54, 1.807) is 0 Å². The Balaban J connectivity index is 1.64. The number of hydrogen-bond acceptors (Lipinski definition) is 3. The van der Waals surface area contributed by atoms with Crippen molar-refractivity contribution in [2.45, 2.75) is 52.1 Å². The monoisotopic (exact) mass is 404 g/mol. The van der Waals surface area contributed by atoms with Crippen molar-refractivity contribution in [2.24, 2.45) is 0 Å². The summed E-state index contributed by atoms with van der Waals surface area (Å²) in [5, 5.41) is 2.95. The molecule has 1 atom stereocenters. The van der Waals surface area contributed by atoms with E-state index in [1.807, 2.05) is 59.7 Å². The first-order chi connectivity index (χ1) is 14.5. The smallest absolute Gasteiger partial charge is 0.240 e. The molecule has 1 aromatic heterocycles. The molecule has 1 saturated heterocycles. The first-order valence-corrected chi connectivity index (χ1v) is 10.6. The van der Waals surface area contributed by atoms with E-state index in [9.17, 15) is 9.59 Å². The van der Waals surface area contributed by atoms with Gasteiger partial charge in [0.05, 0.1) is 11.0 Å². The van der Waals surface area contributed by atoms with Gasteiger partial charge in [0.2, 0.25) is 11.8 Å². The molecule has 0 spiro atoms. The maximum Gasteiger partial charge on any atom is 0.240 e. The molecule has 0 saturated carbocycles. The number of nitrogens with zero attached hydrogens (tertiary/aromatic N) is 3. The van der Waals surface area contributed by atoms with Gasteiger partial charge >= 0.3 is 0 Å². The van der Waals surface area contributed by atoms with Crippen LogP contribution in [0, 0.1) is 0 Å². The van der Waals surface area contributed by atoms with Crippen molar-refractivity contribution in [3.05, 3.63) is 59.9 Å². The van der Waals surface area contributed by atoms with E-state index in [0.717, 1.165) is 29.0 Å². The average Bonchev–Trinajstić information content (AvgIpc) is 3.28. The lowest BCUT2D eigenvalue weighted by molar-refractivity contribution is -0.122. The van der Waals surface area contributed by atoms with Crippen molar-refractivity contribution in [3.8, 4) is 0 Å². The minimum Gasteiger partial charge on any atom is -0.352 e. The lowest BCUT2D eigenvalue weighted by atomic mass is 10.1. The summed E-state index contributed by atoms with van der Waals surface area (Å²) in [6, 6.07) is 16.1. The van der Waals surface area contributed by atoms with Gasteiger partial charge in [-0.1, -0.05) is 31.2 Å². The summed E-state index contributed by atoms with van der Waals surface area (Å²) in [7, 11) is 0. The summed E-state index contributed by atoms with van der Waals surface area (Å²) in [6.45, 7) is 6.78. The minimum absolute atomic E-state index is 0.0502. The van der Waals surface area contributed by atoms with Gasteiger partial charge in [0.1, 0.15) is 12.4 Å². The molecule has 0 unspecified atom stereocenters. The lowest BCUT2D eigenvalue weighted by Gasteiger charge is -2.18. The van der Waals surface area contributed by atoms with Gasteiger partial charge in [-0.15, -0.1) is 0 Å². The number of para-hydroxylation sites is 2. The number of hydrogen-bond donors (Lipinski definition) is 1. The fourth-order valence-electron chi connectivity index (χ4n) is 4.12. The van der Waals surface area contributed by atoms with Gasteiger partial charge in [0.25, 0.3) is 0 Å². The Bertz CT molecular complexity index is 1070. The Morgan fingerprint density at radius 2 is 1.90 bits per heavy atom. The first kappa shape index (κ1) is 20.1. The molecule has 30 heavy (non-hydrogen) atoms. The van der Waals surface area contributed by atoms with Crippen molar-refractivity contribution in [1.29, 1.82) is 0 Å². The molecule has 0 radical (unpaired) electrons. The summed E-state index contributed by atoms with van der Waals surface area (Å²) >= 11 is 0. The zero-order valence-corrected chi connectivity index (χ0v) is 17.8. The highest BCUT2D eigenvalue weighted by atomic mass is 16.2. The number of carbonyl (C=O) groups excluding carboxylic acids is 2. The number of rotatable bonds is 6. The molecule has 2 heterocycles. The third-order valence-corrected chi connectivity index (χ3v) is 5.58. The van der Waals surface area contributed by atoms with Crippen LogP contribution in [0.1, 0.15) is 44.5 Å². The average molecular weight is 405 g/mol. The van der Waals surface area contributed by atoms with Gasteiger partial charge < -0.3 is 14.8 Å². The number of fused-ring (bicyclic) bond motifs is 1. The zero-order valence-electron chi connectivity index (χ0n) is 17.8. The highest BCUT2D eigenvalue weighted by molar-refractivity contribution is 5.96. The summed E-state index contributed by atoms with van der Waals surface area (Å²) < 4.78 is 1.97. The number of anilines is 1. The molecular formula is C24H28N4O2. The number of benzene rings is 2. The van der Waals surface area contributed by atoms with Gasteiger partial charge in [0, 0.05) is 30.6 Å². The second-order valence-electron chi connectivity index (χ2n) is 8.19. The van der Waals surface area contributed by atoms with Gasteiger partial charge in [-0.25, -0.2) is 4.98 Å². The molecule has 1 fully saturated rings. The van der Waals surface area contributed by atoms with Crippen molar-refractivity contribution in [2.75, 3.05) is 11.4 Å². The summed E-state index contributed by atoms with van der Waals surface area (Å²) in [5.74, 6) is 0.791. The molecule has 0 bridgehead atoms. The van der Waals surface area contributed by atoms with Crippen LogP contribution in [0.15, 0.2) is 48.5 Å². The van der Waals surface area contributed by atoms with Crippen molar-refractivity contribution in [1.82, 2.24) is 14.9 Å². The number of aromatic nitrogens is 2. The van der Waals surface area contributed by atoms with Crippen molar-refractivity contribution >= 4 is 28.5 Å². The molecule has 0 aliphatic carbocycles. The lowest BCUT2D eigenvalue weighted by Crippen LogP contribution is -2.33. The second-order valence-corrected chi connectivity index (χ2v) is 8.19. The predicted octanol–water partition coefficient (Wildman–Crippen LogP) is 3.64. The maximum atomic E-state index is 12.8. The topological polar surface area (TPSA) is 67.2 Å². The van der Waals surface area contributed by atoms with E-state index in [-0.39, 0.29) is 30.3 Å². The van der Waals surface area contributed by atoms with Crippen molar-refractivity contribution in [3.63, 3.8) is 0 Å². The first-order valence-electron chi connectivity index (χ1n) is 10.6. The fourth-order valence-corrected chi connectivity index (χ4v) is 4.12. The maximum absolute atomic E-state index is 12.8. The molecule has 4 rings (SSSR count). The van der Waals surface area contributed by atoms with Gasteiger partial charge in [-0.3, -0.25) is 9.59 Å². The molecule has 3 aromatic rings. The second kappa shape index (κ2) is 8.30. The number of aryl methyl sites for hydroxylation is 1. The third-order valence-electron chi connectivity index (χ3n) is 5.58. The van der Waals surface area contributed by atoms with E-state index >= 15 is 0 Å². The van der Waals surface area contributed by atoms with Crippen LogP contribution >= 0.6 is 0 Å². The molecule has 6 heteroatoms. The van der Waals surface area contributed by atoms with E-state index in [1.165, 1.54) is 5.56 Å². The Morgan fingerprint density at radius 1 is 1.17 bits per heavy atom. The molecule has 156 valence electrons. The van der Waals surface area contributed by atoms with Gasteiger partial charge in [-0.05, 0) is 50.1 Å². The standard InChI is InChI=1S/C24H28N4O2/c1-4-17-9-11-19(12-10-17)27-14-18(13-23(27)30)24-26-20-7-5-6-8-21(20)28(24)15-22(29)25-16(2)3/h5-12,16,18H,4,13-15H2,1-3H3,(H,25,29)/t18-/m1/s1. The molecule has 6 nitrogen and oxygen atoms in total. The molecule has 1 aliphatic rings. The van der Waals surface area contributed by atoms with Crippen LogP contribution in [0.5, 0.6) is 0 Å². The zero-order chi connectivity index (χ0) is 21.3. The van der Waals surface area contributed by atoms with Gasteiger partial charge in [0.15, 0.2) is 0 Å². The molecule has 2 aromatic carbocycles. The van der Waals surface area contributed by atoms with E-state index in [0.29, 0.717) is 13.0 Å². The number of nitrogens with one attached hydrogen (secondary N) is 1. The highest BCUT2D eigenvalue weighted by Crippen LogP contribution is 2.33. The molecule has 2 amide bonds. The fraction of sp³-hybridized carbons (Fsp3) is 0.375. The van der Waals surface area contributed by atoms with E-state index in [2.05, 4.69) is 24.4 Å². The van der Waals surface area contributed by atoms with Crippen LogP contribution in [-0.2, 0) is 22.6 Å².